The molecule has 4 nitrogen and oxygen atoms in total. The number of phenolic OH excluding ortho intramolecular Hbond substituents is 1. The van der Waals surface area contributed by atoms with E-state index in [1.165, 1.54) is 13.2 Å². The van der Waals surface area contributed by atoms with Crippen LogP contribution in [0.5, 0.6) is 17.2 Å². The quantitative estimate of drug-likeness (QED) is 0.513. The van der Waals surface area contributed by atoms with Gasteiger partial charge in [-0.05, 0) is 35.6 Å². The zero-order valence-electron chi connectivity index (χ0n) is 8.62. The molecule has 0 bridgehead atoms. The number of ether oxygens (including phenoxy) is 3. The third kappa shape index (κ3) is 3.42. The SMILES string of the molecule is CCOCOc1c(I)cc(O)cc1OC. The third-order valence-corrected chi connectivity index (χ3v) is 2.51. The van der Waals surface area contributed by atoms with Crippen molar-refractivity contribution >= 4 is 22.6 Å². The summed E-state index contributed by atoms with van der Waals surface area (Å²) in [6, 6.07) is 3.10. The number of phenols is 1. The molecule has 0 fully saturated rings. The largest absolute Gasteiger partial charge is 0.508 e. The molecule has 0 spiro atoms. The maximum absolute atomic E-state index is 9.35. The standard InChI is InChI=1S/C10H13IO4/c1-3-14-6-15-10-8(11)4-7(12)5-9(10)13-2/h4-5,12H,3,6H2,1-2H3. The highest BCUT2D eigenvalue weighted by Gasteiger charge is 2.10. The molecule has 0 saturated heterocycles. The molecule has 0 atom stereocenters. The van der Waals surface area contributed by atoms with Gasteiger partial charge in [-0.25, -0.2) is 0 Å². The van der Waals surface area contributed by atoms with Gasteiger partial charge in [0.2, 0.25) is 0 Å². The minimum absolute atomic E-state index is 0.153. The molecule has 0 aliphatic heterocycles. The van der Waals surface area contributed by atoms with Crippen LogP contribution in [0.25, 0.3) is 0 Å². The molecule has 0 aromatic heterocycles. The maximum Gasteiger partial charge on any atom is 0.189 e. The summed E-state index contributed by atoms with van der Waals surface area (Å²) in [6.07, 6.45) is 0. The Labute approximate surface area is 102 Å². The third-order valence-electron chi connectivity index (χ3n) is 1.70. The van der Waals surface area contributed by atoms with Crippen molar-refractivity contribution in [2.75, 3.05) is 20.5 Å². The first kappa shape index (κ1) is 12.4. The van der Waals surface area contributed by atoms with Crippen molar-refractivity contribution in [1.29, 1.82) is 0 Å². The molecule has 1 rings (SSSR count). The summed E-state index contributed by atoms with van der Waals surface area (Å²) in [4.78, 5) is 0. The Morgan fingerprint density at radius 2 is 2.13 bits per heavy atom. The van der Waals surface area contributed by atoms with Crippen LogP contribution in [0.4, 0.5) is 0 Å². The van der Waals surface area contributed by atoms with Gasteiger partial charge in [0, 0.05) is 12.7 Å². The second-order valence-electron chi connectivity index (χ2n) is 2.71. The van der Waals surface area contributed by atoms with E-state index in [-0.39, 0.29) is 12.5 Å². The van der Waals surface area contributed by atoms with Gasteiger partial charge in [0.25, 0.3) is 0 Å². The van der Waals surface area contributed by atoms with Crippen molar-refractivity contribution in [3.63, 3.8) is 0 Å². The van der Waals surface area contributed by atoms with E-state index in [0.717, 1.165) is 3.57 Å². The van der Waals surface area contributed by atoms with Crippen LogP contribution in [-0.2, 0) is 4.74 Å². The zero-order valence-corrected chi connectivity index (χ0v) is 10.8. The highest BCUT2D eigenvalue weighted by molar-refractivity contribution is 14.1. The summed E-state index contributed by atoms with van der Waals surface area (Å²) < 4.78 is 16.3. The highest BCUT2D eigenvalue weighted by atomic mass is 127. The number of aromatic hydroxyl groups is 1. The smallest absolute Gasteiger partial charge is 0.189 e. The van der Waals surface area contributed by atoms with Gasteiger partial charge in [-0.3, -0.25) is 0 Å². The number of hydrogen-bond acceptors (Lipinski definition) is 4. The van der Waals surface area contributed by atoms with Crippen molar-refractivity contribution < 1.29 is 19.3 Å². The Kier molecular flexibility index (Phi) is 4.97. The molecular weight excluding hydrogens is 311 g/mol. The minimum atomic E-state index is 0.153. The lowest BCUT2D eigenvalue weighted by Gasteiger charge is -2.12. The molecule has 0 heterocycles. The fraction of sp³-hybridized carbons (Fsp3) is 0.400. The van der Waals surface area contributed by atoms with E-state index in [4.69, 9.17) is 14.2 Å². The van der Waals surface area contributed by atoms with Crippen molar-refractivity contribution in [2.24, 2.45) is 0 Å². The second-order valence-corrected chi connectivity index (χ2v) is 3.88. The minimum Gasteiger partial charge on any atom is -0.508 e. The van der Waals surface area contributed by atoms with E-state index in [1.807, 2.05) is 6.92 Å². The van der Waals surface area contributed by atoms with Crippen LogP contribution in [0.2, 0.25) is 0 Å². The first-order valence-corrected chi connectivity index (χ1v) is 5.54. The summed E-state index contributed by atoms with van der Waals surface area (Å²) in [5.41, 5.74) is 0. The summed E-state index contributed by atoms with van der Waals surface area (Å²) in [5.74, 6) is 1.24. The lowest BCUT2D eigenvalue weighted by molar-refractivity contribution is 0.0203. The lowest BCUT2D eigenvalue weighted by Crippen LogP contribution is -2.04. The first-order valence-electron chi connectivity index (χ1n) is 4.46. The van der Waals surface area contributed by atoms with Crippen molar-refractivity contribution in [1.82, 2.24) is 0 Å². The molecule has 0 aliphatic rings. The van der Waals surface area contributed by atoms with Gasteiger partial charge in [-0.2, -0.15) is 0 Å². The van der Waals surface area contributed by atoms with Gasteiger partial charge in [-0.15, -0.1) is 0 Å². The molecule has 0 amide bonds. The normalized spacial score (nSPS) is 10.1. The van der Waals surface area contributed by atoms with E-state index in [0.29, 0.717) is 18.1 Å². The number of rotatable bonds is 5. The van der Waals surface area contributed by atoms with E-state index in [1.54, 1.807) is 6.07 Å². The highest BCUT2D eigenvalue weighted by Crippen LogP contribution is 2.36. The van der Waals surface area contributed by atoms with Crippen LogP contribution in [-0.4, -0.2) is 25.6 Å². The van der Waals surface area contributed by atoms with Crippen LogP contribution in [0.3, 0.4) is 0 Å². The van der Waals surface area contributed by atoms with E-state index in [9.17, 15) is 5.11 Å². The van der Waals surface area contributed by atoms with Gasteiger partial charge < -0.3 is 19.3 Å². The molecule has 0 saturated carbocycles. The fourth-order valence-corrected chi connectivity index (χ4v) is 1.77. The maximum atomic E-state index is 9.35. The van der Waals surface area contributed by atoms with Gasteiger partial charge in [0.15, 0.2) is 18.3 Å². The molecular formula is C10H13IO4. The number of halogens is 1. The lowest BCUT2D eigenvalue weighted by atomic mass is 10.3. The topological polar surface area (TPSA) is 47.9 Å². The first-order chi connectivity index (χ1) is 7.19. The van der Waals surface area contributed by atoms with Crippen LogP contribution >= 0.6 is 22.6 Å². The molecule has 1 aromatic carbocycles. The predicted molar refractivity (Wildman–Crippen MR) is 64.5 cm³/mol. The molecule has 0 radical (unpaired) electrons. The molecule has 0 aliphatic carbocycles. The van der Waals surface area contributed by atoms with Gasteiger partial charge in [-0.1, -0.05) is 0 Å². The summed E-state index contributed by atoms with van der Waals surface area (Å²) in [5, 5.41) is 9.35. The summed E-state index contributed by atoms with van der Waals surface area (Å²) in [7, 11) is 1.53. The number of methoxy groups -OCH3 is 1. The summed E-state index contributed by atoms with van der Waals surface area (Å²) >= 11 is 2.07. The van der Waals surface area contributed by atoms with Crippen LogP contribution in [0, 0.1) is 3.57 Å². The number of benzene rings is 1. The van der Waals surface area contributed by atoms with E-state index in [2.05, 4.69) is 22.6 Å². The van der Waals surface area contributed by atoms with Crippen LogP contribution in [0.1, 0.15) is 6.92 Å². The second kappa shape index (κ2) is 6.02. The number of hydrogen-bond donors (Lipinski definition) is 1. The van der Waals surface area contributed by atoms with Crippen molar-refractivity contribution in [2.45, 2.75) is 6.92 Å². The van der Waals surface area contributed by atoms with Crippen LogP contribution in [0.15, 0.2) is 12.1 Å². The molecule has 1 N–H and O–H groups in total. The summed E-state index contributed by atoms with van der Waals surface area (Å²) in [6.45, 7) is 2.66. The van der Waals surface area contributed by atoms with Gasteiger partial charge in [0.05, 0.1) is 10.7 Å². The Morgan fingerprint density at radius 1 is 1.40 bits per heavy atom. The Balaban J connectivity index is 2.84. The molecule has 84 valence electrons. The molecule has 1 aromatic rings. The molecule has 0 unspecified atom stereocenters. The van der Waals surface area contributed by atoms with Gasteiger partial charge in [0.1, 0.15) is 5.75 Å². The van der Waals surface area contributed by atoms with Crippen molar-refractivity contribution in [3.05, 3.63) is 15.7 Å². The Bertz CT molecular complexity index is 327. The van der Waals surface area contributed by atoms with E-state index >= 15 is 0 Å². The van der Waals surface area contributed by atoms with Crippen molar-refractivity contribution in [3.8, 4) is 17.2 Å². The van der Waals surface area contributed by atoms with Gasteiger partial charge >= 0.3 is 0 Å². The monoisotopic (exact) mass is 324 g/mol. The Morgan fingerprint density at radius 3 is 2.73 bits per heavy atom. The average molecular weight is 324 g/mol. The molecule has 5 heteroatoms. The average Bonchev–Trinajstić information content (AvgIpc) is 2.20. The van der Waals surface area contributed by atoms with E-state index < -0.39 is 0 Å². The molecule has 15 heavy (non-hydrogen) atoms. The van der Waals surface area contributed by atoms with Crippen LogP contribution < -0.4 is 9.47 Å². The Hall–Kier alpha value is -0.690. The predicted octanol–water partition coefficient (Wildman–Crippen LogP) is 2.38. The zero-order chi connectivity index (χ0) is 11.3. The fourth-order valence-electron chi connectivity index (χ4n) is 1.03.